The molecule has 144 valence electrons. The van der Waals surface area contributed by atoms with Crippen LogP contribution in [0.15, 0.2) is 63.2 Å². The average Bonchev–Trinajstić information content (AvgIpc) is 3.02. The number of para-hydroxylation sites is 1. The van der Waals surface area contributed by atoms with E-state index in [1.165, 1.54) is 28.6 Å². The molecular weight excluding hydrogens is 350 g/mol. The minimum absolute atomic E-state index is 0.0393. The molecule has 2 aromatic rings. The van der Waals surface area contributed by atoms with E-state index in [2.05, 4.69) is 31.1 Å². The van der Waals surface area contributed by atoms with Gasteiger partial charge in [0.2, 0.25) is 0 Å². The Balaban J connectivity index is 1.50. The summed E-state index contributed by atoms with van der Waals surface area (Å²) in [6.45, 7) is 4.40. The zero-order chi connectivity index (χ0) is 19.2. The summed E-state index contributed by atoms with van der Waals surface area (Å²) in [5.74, 6) is 2.11. The van der Waals surface area contributed by atoms with Gasteiger partial charge in [0.25, 0.3) is 0 Å². The van der Waals surface area contributed by atoms with Crippen molar-refractivity contribution in [1.82, 2.24) is 14.3 Å². The third-order valence-electron chi connectivity index (χ3n) is 7.98. The molecule has 1 N–H and O–H groups in total. The highest BCUT2D eigenvalue weighted by atomic mass is 16.2. The Morgan fingerprint density at radius 3 is 2.46 bits per heavy atom. The molecule has 3 fully saturated rings. The summed E-state index contributed by atoms with van der Waals surface area (Å²) in [5.41, 5.74) is 3.37. The Kier molecular flexibility index (Phi) is 3.09. The van der Waals surface area contributed by atoms with E-state index in [0.29, 0.717) is 34.8 Å². The molecule has 3 saturated carbocycles. The van der Waals surface area contributed by atoms with E-state index in [4.69, 9.17) is 0 Å². The third kappa shape index (κ3) is 1.87. The molecule has 1 heterocycles. The fraction of sp³-hybridized carbons (Fsp3) is 0.478. The number of nitrogens with one attached hydrogen (secondary N) is 1. The highest BCUT2D eigenvalue weighted by Crippen LogP contribution is 2.77. The van der Waals surface area contributed by atoms with Crippen LogP contribution in [0.25, 0.3) is 5.69 Å². The Morgan fingerprint density at radius 1 is 1.07 bits per heavy atom. The van der Waals surface area contributed by atoms with Gasteiger partial charge >= 0.3 is 11.4 Å². The summed E-state index contributed by atoms with van der Waals surface area (Å²) in [6.07, 6.45) is 8.35. The predicted octanol–water partition coefficient (Wildman–Crippen LogP) is 3.44. The van der Waals surface area contributed by atoms with Crippen LogP contribution >= 0.6 is 0 Å². The van der Waals surface area contributed by atoms with Crippen LogP contribution in [-0.4, -0.2) is 14.3 Å². The van der Waals surface area contributed by atoms with Crippen LogP contribution in [0.1, 0.15) is 39.2 Å². The van der Waals surface area contributed by atoms with Crippen LogP contribution in [0, 0.1) is 29.1 Å². The van der Waals surface area contributed by atoms with E-state index in [1.54, 1.807) is 16.8 Å². The van der Waals surface area contributed by atoms with Crippen molar-refractivity contribution in [3.05, 3.63) is 74.6 Å². The minimum atomic E-state index is -0.349. The van der Waals surface area contributed by atoms with Crippen molar-refractivity contribution < 1.29 is 0 Å². The van der Waals surface area contributed by atoms with Crippen molar-refractivity contribution in [2.24, 2.45) is 29.1 Å². The minimum Gasteiger partial charge on any atom is -0.246 e. The number of nitrogens with zero attached hydrogens (tertiary/aromatic N) is 2. The van der Waals surface area contributed by atoms with Gasteiger partial charge < -0.3 is 0 Å². The molecule has 2 bridgehead atoms. The second-order valence-corrected chi connectivity index (χ2v) is 9.31. The lowest BCUT2D eigenvalue weighted by molar-refractivity contribution is 0.254. The number of H-pyrrole nitrogens is 1. The molecule has 1 spiro atoms. The van der Waals surface area contributed by atoms with Crippen molar-refractivity contribution in [3.8, 4) is 5.69 Å². The Bertz CT molecular complexity index is 1140. The molecule has 0 radical (unpaired) electrons. The van der Waals surface area contributed by atoms with E-state index < -0.39 is 0 Å². The van der Waals surface area contributed by atoms with Crippen molar-refractivity contribution in [2.45, 2.75) is 39.2 Å². The number of hydrogen-bond acceptors (Lipinski definition) is 2. The lowest BCUT2D eigenvalue weighted by Crippen LogP contribution is -2.32. The number of hydrogen-bond donors (Lipinski definition) is 1. The van der Waals surface area contributed by atoms with Gasteiger partial charge in [-0.3, -0.25) is 0 Å². The van der Waals surface area contributed by atoms with E-state index in [0.717, 1.165) is 6.42 Å². The Labute approximate surface area is 163 Å². The first-order valence-electron chi connectivity index (χ1n) is 10.4. The van der Waals surface area contributed by atoms with Crippen LogP contribution in [-0.2, 0) is 0 Å². The molecule has 4 aliphatic rings. The van der Waals surface area contributed by atoms with E-state index >= 15 is 0 Å². The first-order chi connectivity index (χ1) is 13.5. The zero-order valence-electron chi connectivity index (χ0n) is 16.3. The standard InChI is InChI=1S/C23H25N3O2/c1-13(2)15-12-18(20-17-9-8-16(19(15)20)23(17)10-11-23)26-22(28)25(21(27)24-26)14-6-4-3-5-7-14/h3-9,16-20H,10-12H2,1-2H3,(H,24,27)/t16-,17-,18-,19-,20+/m0/s1. The molecule has 28 heavy (non-hydrogen) atoms. The SMILES string of the molecule is CC(C)=C1C[C@H](n2[nH]c(=O)n(-c3ccccc3)c2=O)[C@@H]2[C@@H]1[C@@H]1C=C[C@@H]2C12CC2. The van der Waals surface area contributed by atoms with E-state index in [-0.39, 0.29) is 17.4 Å². The van der Waals surface area contributed by atoms with Gasteiger partial charge in [0.1, 0.15) is 0 Å². The molecule has 5 nitrogen and oxygen atoms in total. The maximum absolute atomic E-state index is 13.3. The largest absolute Gasteiger partial charge is 0.351 e. The van der Waals surface area contributed by atoms with E-state index in [9.17, 15) is 9.59 Å². The summed E-state index contributed by atoms with van der Waals surface area (Å²) in [4.78, 5) is 26.0. The number of fused-ring (bicyclic) bond motifs is 3. The molecule has 0 saturated heterocycles. The van der Waals surface area contributed by atoms with Crippen molar-refractivity contribution in [2.75, 3.05) is 0 Å². The first kappa shape index (κ1) is 16.4. The summed E-state index contributed by atoms with van der Waals surface area (Å²) >= 11 is 0. The summed E-state index contributed by atoms with van der Waals surface area (Å²) in [6, 6.07) is 9.24. The van der Waals surface area contributed by atoms with Gasteiger partial charge in [-0.05, 0) is 74.3 Å². The normalized spacial score (nSPS) is 33.6. The van der Waals surface area contributed by atoms with Gasteiger partial charge in [0.15, 0.2) is 0 Å². The maximum Gasteiger partial charge on any atom is 0.351 e. The van der Waals surface area contributed by atoms with Crippen LogP contribution in [0.4, 0.5) is 0 Å². The summed E-state index contributed by atoms with van der Waals surface area (Å²) in [7, 11) is 0. The molecule has 5 heteroatoms. The fourth-order valence-corrected chi connectivity index (χ4v) is 6.76. The highest BCUT2D eigenvalue weighted by molar-refractivity contribution is 5.39. The van der Waals surface area contributed by atoms with Gasteiger partial charge in [0.05, 0.1) is 11.7 Å². The van der Waals surface area contributed by atoms with Crippen molar-refractivity contribution in [3.63, 3.8) is 0 Å². The van der Waals surface area contributed by atoms with Gasteiger partial charge in [0, 0.05) is 0 Å². The number of aromatic nitrogens is 3. The molecule has 0 amide bonds. The lowest BCUT2D eigenvalue weighted by atomic mass is 9.82. The molecule has 0 aliphatic heterocycles. The number of benzene rings is 1. The quantitative estimate of drug-likeness (QED) is 0.818. The first-order valence-corrected chi connectivity index (χ1v) is 10.4. The average molecular weight is 375 g/mol. The summed E-state index contributed by atoms with van der Waals surface area (Å²) in [5, 5.41) is 2.90. The second-order valence-electron chi connectivity index (χ2n) is 9.31. The molecule has 5 atom stereocenters. The van der Waals surface area contributed by atoms with Crippen molar-refractivity contribution >= 4 is 0 Å². The van der Waals surface area contributed by atoms with Crippen LogP contribution in [0.5, 0.6) is 0 Å². The maximum atomic E-state index is 13.3. The third-order valence-corrected chi connectivity index (χ3v) is 7.98. The summed E-state index contributed by atoms with van der Waals surface area (Å²) < 4.78 is 2.92. The molecule has 0 unspecified atom stereocenters. The Morgan fingerprint density at radius 2 is 1.79 bits per heavy atom. The molecule has 1 aromatic heterocycles. The topological polar surface area (TPSA) is 59.8 Å². The number of allylic oxidation sites excluding steroid dienone is 4. The zero-order valence-corrected chi connectivity index (χ0v) is 16.3. The van der Waals surface area contributed by atoms with Gasteiger partial charge in [-0.2, -0.15) is 0 Å². The van der Waals surface area contributed by atoms with Crippen LogP contribution in [0.3, 0.4) is 0 Å². The van der Waals surface area contributed by atoms with Crippen LogP contribution < -0.4 is 11.4 Å². The smallest absolute Gasteiger partial charge is 0.246 e. The van der Waals surface area contributed by atoms with Gasteiger partial charge in [-0.1, -0.05) is 41.5 Å². The molecule has 1 aromatic carbocycles. The lowest BCUT2D eigenvalue weighted by Gasteiger charge is -2.26. The molecular formula is C23H25N3O2. The Hall–Kier alpha value is -2.56. The number of rotatable bonds is 2. The highest BCUT2D eigenvalue weighted by Gasteiger charge is 2.70. The number of aromatic amines is 1. The van der Waals surface area contributed by atoms with E-state index in [1.807, 2.05) is 18.2 Å². The van der Waals surface area contributed by atoms with Gasteiger partial charge in [-0.15, -0.1) is 0 Å². The van der Waals surface area contributed by atoms with Crippen LogP contribution in [0.2, 0.25) is 0 Å². The molecule has 4 aliphatic carbocycles. The predicted molar refractivity (Wildman–Crippen MR) is 107 cm³/mol. The second kappa shape index (κ2) is 5.28. The fourth-order valence-electron chi connectivity index (χ4n) is 6.76. The monoisotopic (exact) mass is 375 g/mol. The molecule has 6 rings (SSSR count). The van der Waals surface area contributed by atoms with Gasteiger partial charge in [-0.25, -0.2) is 23.9 Å². The van der Waals surface area contributed by atoms with Crippen molar-refractivity contribution in [1.29, 1.82) is 0 Å².